The van der Waals surface area contributed by atoms with Gasteiger partial charge in [-0.25, -0.2) is 5.25 Å². The Morgan fingerprint density at radius 2 is 1.25 bits per heavy atom. The molecule has 0 atom stereocenters. The molecule has 0 amide bonds. The fourth-order valence-electron chi connectivity index (χ4n) is 0. The van der Waals surface area contributed by atoms with Crippen molar-refractivity contribution in [3.8, 4) is 0 Å². The number of hydrogen-bond donors (Lipinski definition) is 1. The van der Waals surface area contributed by atoms with Crippen molar-refractivity contribution in [2.75, 3.05) is 0 Å². The molecule has 33 valence electrons. The van der Waals surface area contributed by atoms with Crippen molar-refractivity contribution in [3.63, 3.8) is 0 Å². The molecular weight excluding hydrogens is 148 g/mol. The van der Waals surface area contributed by atoms with Crippen LogP contribution in [0.25, 0.3) is 0 Å². The van der Waals surface area contributed by atoms with Gasteiger partial charge in [0.05, 0.1) is 0 Å². The molecule has 0 aliphatic heterocycles. The Kier molecular flexibility index (Phi) is 166. The predicted molar refractivity (Wildman–Crippen MR) is 17.3 cm³/mol. The fraction of sp³-hybridized carbons (Fsp3) is 0. The van der Waals surface area contributed by atoms with Crippen LogP contribution in [0.1, 0.15) is 0 Å². The second-order valence-electron chi connectivity index (χ2n) is 0. The maximum atomic E-state index is 4.14. The first-order chi connectivity index (χ1) is 1.00. The van der Waals surface area contributed by atoms with E-state index in [2.05, 4.69) is 17.0 Å². The average Bonchev–Trinajstić information content (AvgIpc) is 1.00. The first-order valence-electron chi connectivity index (χ1n) is 0.218. The maximum absolute atomic E-state index is 4.14. The van der Waals surface area contributed by atoms with Gasteiger partial charge >= 0.3 is 0 Å². The predicted octanol–water partition coefficient (Wildman–Crippen LogP) is 0.518. The van der Waals surface area contributed by atoms with Gasteiger partial charge < -0.3 is 0 Å². The molecule has 0 aromatic carbocycles. The van der Waals surface area contributed by atoms with Crippen molar-refractivity contribution in [1.82, 2.24) is 0 Å². The zero-order valence-electron chi connectivity index (χ0n) is 1.67. The molecule has 1 radical (unpaired) electrons. The Balaban J connectivity index is -0.00000000500. The van der Waals surface area contributed by atoms with Crippen LogP contribution in [0, 0.1) is 0 Å². The minimum absolute atomic E-state index is 0. The second kappa shape index (κ2) is 33.9. The summed E-state index contributed by atoms with van der Waals surface area (Å²) < 4.78 is 0. The molecule has 0 aromatic heterocycles. The number of rotatable bonds is 0. The van der Waals surface area contributed by atoms with Gasteiger partial charge in [-0.15, -0.1) is 12.4 Å². The van der Waals surface area contributed by atoms with Crippen molar-refractivity contribution in [1.29, 1.82) is 0 Å². The Morgan fingerprint density at radius 3 is 1.25 bits per heavy atom. The van der Waals surface area contributed by atoms with Crippen molar-refractivity contribution in [3.05, 3.63) is 0 Å². The van der Waals surface area contributed by atoms with Crippen LogP contribution >= 0.6 is 24.2 Å². The molecule has 0 aliphatic carbocycles. The summed E-state index contributed by atoms with van der Waals surface area (Å²) in [5.41, 5.74) is 0. The molecule has 1 nitrogen and oxygen atoms in total. The van der Waals surface area contributed by atoms with Crippen LogP contribution in [0.15, 0.2) is 0 Å². The molecule has 0 aliphatic rings. The molecule has 0 unspecified atom stereocenters. The summed E-state index contributed by atoms with van der Waals surface area (Å²) in [6.45, 7) is 0. The van der Waals surface area contributed by atoms with E-state index in [0.717, 1.165) is 0 Å². The van der Waals surface area contributed by atoms with Crippen LogP contribution in [0.3, 0.4) is 0 Å². The van der Waals surface area contributed by atoms with Crippen LogP contribution in [0.5, 0.6) is 0 Å². The van der Waals surface area contributed by atoms with Crippen LogP contribution in [-0.4, -0.2) is 0 Å². The van der Waals surface area contributed by atoms with E-state index in [0.29, 0.717) is 0 Å². The largest absolute Gasteiger partial charge is 0.247 e. The molecule has 0 rings (SSSR count). The zero-order valence-corrected chi connectivity index (χ0v) is 4.18. The van der Waals surface area contributed by atoms with Crippen LogP contribution in [0.2, 0.25) is 0 Å². The van der Waals surface area contributed by atoms with Crippen molar-refractivity contribution < 1.29 is 17.1 Å². The van der Waals surface area contributed by atoms with Gasteiger partial charge in [-0.05, 0) is 11.8 Å². The van der Waals surface area contributed by atoms with E-state index in [-0.39, 0.29) is 29.5 Å². The van der Waals surface area contributed by atoms with Crippen molar-refractivity contribution in [2.24, 2.45) is 5.25 Å². The molecule has 0 spiro atoms. The molecule has 2 N–H and O–H groups in total. The van der Waals surface area contributed by atoms with Crippen molar-refractivity contribution >= 4 is 24.2 Å². The topological polar surface area (TPSA) is 26.0 Å². The summed E-state index contributed by atoms with van der Waals surface area (Å²) >= 11 is 4.14. The minimum atomic E-state index is 0. The van der Waals surface area contributed by atoms with Crippen LogP contribution in [0.4, 0.5) is 0 Å². The average molecular weight is 151 g/mol. The van der Waals surface area contributed by atoms with E-state index >= 15 is 0 Å². The molecule has 0 aromatic rings. The van der Waals surface area contributed by atoms with Gasteiger partial charge in [0.15, 0.2) is 0 Å². The third kappa shape index (κ3) is 11.6. The normalized spacial score (nSPS) is 1.50. The van der Waals surface area contributed by atoms with Crippen LogP contribution in [-0.2, 0) is 17.1 Å². The van der Waals surface area contributed by atoms with Gasteiger partial charge in [0.25, 0.3) is 0 Å². The quantitative estimate of drug-likeness (QED) is 0.396. The van der Waals surface area contributed by atoms with E-state index in [4.69, 9.17) is 0 Å². The van der Waals surface area contributed by atoms with Gasteiger partial charge in [-0.3, -0.25) is 0 Å². The Bertz CT molecular complexity index is 6.00. The molecule has 4 heteroatoms. The monoisotopic (exact) mass is 150 g/mol. The Morgan fingerprint density at radius 1 is 1.25 bits per heavy atom. The molecule has 4 heavy (non-hydrogen) atoms. The summed E-state index contributed by atoms with van der Waals surface area (Å²) in [7, 11) is 0. The number of halogens is 2. The second-order valence-corrected chi connectivity index (χ2v) is 0. The molecule has 0 bridgehead atoms. The van der Waals surface area contributed by atoms with Crippen LogP contribution < -0.4 is 5.25 Å². The van der Waals surface area contributed by atoms with Gasteiger partial charge in [-0.1, -0.05) is 0 Å². The third-order valence-electron chi connectivity index (χ3n) is 0. The van der Waals surface area contributed by atoms with E-state index in [1.807, 2.05) is 0 Å². The number of nitrogens with two attached hydrogens (primary N) is 1. The standard InChI is InChI=1S/ClH2N.ClH.Cu/c1-2;;/h2H2;1H;. The molecule has 0 heterocycles. The number of hydrogen-bond acceptors (Lipinski definition) is 1. The minimum Gasteiger partial charge on any atom is -0.247 e. The third-order valence-corrected chi connectivity index (χ3v) is 0. The summed E-state index contributed by atoms with van der Waals surface area (Å²) in [4.78, 5) is 0. The van der Waals surface area contributed by atoms with Crippen molar-refractivity contribution in [2.45, 2.75) is 0 Å². The molecular formula is H3Cl2CuN. The Hall–Kier alpha value is 1.06. The first-order valence-corrected chi connectivity index (χ1v) is 0.655. The maximum Gasteiger partial charge on any atom is 0 e. The summed E-state index contributed by atoms with van der Waals surface area (Å²) in [5, 5.41) is 3.97. The Labute approximate surface area is 46.9 Å². The molecule has 0 saturated heterocycles. The summed E-state index contributed by atoms with van der Waals surface area (Å²) in [6, 6.07) is 0. The molecule has 0 saturated carbocycles. The van der Waals surface area contributed by atoms with E-state index < -0.39 is 0 Å². The van der Waals surface area contributed by atoms with Gasteiger partial charge in [0, 0.05) is 17.1 Å². The zero-order chi connectivity index (χ0) is 2.00. The smallest absolute Gasteiger partial charge is 0 e. The summed E-state index contributed by atoms with van der Waals surface area (Å²) in [6.07, 6.45) is 0. The summed E-state index contributed by atoms with van der Waals surface area (Å²) in [5.74, 6) is 0. The van der Waals surface area contributed by atoms with E-state index in [9.17, 15) is 0 Å². The van der Waals surface area contributed by atoms with E-state index in [1.54, 1.807) is 0 Å². The SMILES string of the molecule is Cl.NCl.[Cu]. The first kappa shape index (κ1) is 19.7. The van der Waals surface area contributed by atoms with E-state index in [1.165, 1.54) is 0 Å². The fourth-order valence-corrected chi connectivity index (χ4v) is 0. The van der Waals surface area contributed by atoms with Gasteiger partial charge in [0.1, 0.15) is 0 Å². The van der Waals surface area contributed by atoms with Gasteiger partial charge in [0.2, 0.25) is 0 Å². The van der Waals surface area contributed by atoms with Gasteiger partial charge in [-0.2, -0.15) is 0 Å². The molecule has 0 fully saturated rings.